The highest BCUT2D eigenvalue weighted by Crippen LogP contribution is 2.40. The molecule has 0 N–H and O–H groups in total. The zero-order valence-electron chi connectivity index (χ0n) is 26.5. The van der Waals surface area contributed by atoms with Gasteiger partial charge in [0.1, 0.15) is 43.7 Å². The molecule has 14 heteroatoms. The number of nitrogens with zero attached hydrogens (tertiary/aromatic N) is 7. The molecule has 0 radical (unpaired) electrons. The van der Waals surface area contributed by atoms with Gasteiger partial charge in [0.2, 0.25) is 5.79 Å². The molecule has 3 aliphatic rings. The lowest BCUT2D eigenvalue weighted by molar-refractivity contribution is -0.190. The van der Waals surface area contributed by atoms with Crippen LogP contribution in [0.2, 0.25) is 10.0 Å². The number of amides is 3. The van der Waals surface area contributed by atoms with E-state index in [9.17, 15) is 9.59 Å². The van der Waals surface area contributed by atoms with E-state index in [1.165, 1.54) is 16.1 Å². The van der Waals surface area contributed by atoms with Crippen LogP contribution in [-0.4, -0.2) is 90.2 Å². The quantitative estimate of drug-likeness (QED) is 0.223. The van der Waals surface area contributed by atoms with Gasteiger partial charge in [-0.25, -0.2) is 19.4 Å². The largest absolute Gasteiger partial charge is 0.491 e. The van der Waals surface area contributed by atoms with Crippen LogP contribution in [0.4, 0.5) is 21.9 Å². The minimum absolute atomic E-state index is 0.206. The maximum absolute atomic E-state index is 12.6. The lowest BCUT2D eigenvalue weighted by atomic mass is 10.1. The molecule has 4 heterocycles. The molecule has 0 saturated carbocycles. The highest BCUT2D eigenvalue weighted by atomic mass is 35.5. The van der Waals surface area contributed by atoms with Crippen molar-refractivity contribution in [2.75, 3.05) is 61.1 Å². The molecule has 3 amide bonds. The summed E-state index contributed by atoms with van der Waals surface area (Å²) < 4.78 is 20.5. The molecule has 0 bridgehead atoms. The van der Waals surface area contributed by atoms with Gasteiger partial charge in [0.15, 0.2) is 0 Å². The number of anilines is 3. The summed E-state index contributed by atoms with van der Waals surface area (Å²) in [5.74, 6) is -0.642. The molecule has 4 aromatic rings. The number of halogens is 2. The van der Waals surface area contributed by atoms with E-state index in [1.54, 1.807) is 43.2 Å². The maximum Gasteiger partial charge on any atom is 0.331 e. The molecule has 48 heavy (non-hydrogen) atoms. The Labute approximate surface area is 288 Å². The molecule has 3 saturated heterocycles. The predicted octanol–water partition coefficient (Wildman–Crippen LogP) is 5.05. The lowest BCUT2D eigenvalue weighted by Crippen LogP contribution is -2.46. The molecule has 12 nitrogen and oxygen atoms in total. The third-order valence-electron chi connectivity index (χ3n) is 9.08. The molecule has 1 aromatic heterocycles. The molecule has 0 aliphatic carbocycles. The number of piperazine rings is 1. The Morgan fingerprint density at radius 2 is 1.56 bits per heavy atom. The Bertz CT molecular complexity index is 1750. The van der Waals surface area contributed by atoms with Crippen LogP contribution in [0, 0.1) is 0 Å². The van der Waals surface area contributed by atoms with Crippen LogP contribution in [0.25, 0.3) is 0 Å². The van der Waals surface area contributed by atoms with Gasteiger partial charge < -0.3 is 28.9 Å². The van der Waals surface area contributed by atoms with E-state index in [-0.39, 0.29) is 31.2 Å². The van der Waals surface area contributed by atoms with Gasteiger partial charge in [-0.3, -0.25) is 4.79 Å². The van der Waals surface area contributed by atoms with E-state index in [0.717, 1.165) is 43.3 Å². The number of hydrogen-bond donors (Lipinski definition) is 0. The number of ether oxygens (including phenoxy) is 3. The minimum atomic E-state index is -1.17. The van der Waals surface area contributed by atoms with E-state index in [1.807, 2.05) is 36.4 Å². The van der Waals surface area contributed by atoms with Crippen LogP contribution in [-0.2, 0) is 26.6 Å². The first-order chi connectivity index (χ1) is 23.2. The normalized spacial score (nSPS) is 23.0. The molecule has 3 aromatic carbocycles. The Morgan fingerprint density at radius 1 is 0.917 bits per heavy atom. The van der Waals surface area contributed by atoms with E-state index in [2.05, 4.69) is 32.0 Å². The minimum Gasteiger partial charge on any atom is -0.491 e. The summed E-state index contributed by atoms with van der Waals surface area (Å²) in [4.78, 5) is 36.5. The number of aromatic nitrogens is 3. The second-order valence-corrected chi connectivity index (χ2v) is 12.9. The van der Waals surface area contributed by atoms with Crippen molar-refractivity contribution in [1.82, 2.24) is 19.7 Å². The third kappa shape index (κ3) is 6.28. The maximum atomic E-state index is 12.6. The number of carbonyl (C=O) groups excluding carboxylic acids is 2. The molecule has 3 fully saturated rings. The molecule has 3 atom stereocenters. The molecular formula is C34H35Cl2N7O5. The smallest absolute Gasteiger partial charge is 0.331 e. The van der Waals surface area contributed by atoms with Crippen molar-refractivity contribution >= 4 is 52.2 Å². The summed E-state index contributed by atoms with van der Waals surface area (Å²) >= 11 is 12.7. The van der Waals surface area contributed by atoms with E-state index in [4.69, 9.17) is 37.4 Å². The van der Waals surface area contributed by atoms with Gasteiger partial charge in [-0.05, 0) is 67.6 Å². The number of carbonyl (C=O) groups is 2. The van der Waals surface area contributed by atoms with Crippen LogP contribution in [0.3, 0.4) is 0 Å². The standard InChI is InChI=1S/C34H35Cl2N7O5/c1-23-32(44)43(33(45)39(23)2)27-6-4-25(5-7-27)40-13-15-41(16-14-40)26-8-10-28(11-9-26)46-18-29-19-47-34(48-29,20-42-22-37-21-38-42)30-12-3-24(35)17-31(30)36/h3-12,17,21-23,29H,13-16,18-20H2,1-2H3. The Balaban J connectivity index is 0.925. The molecule has 3 unspecified atom stereocenters. The van der Waals surface area contributed by atoms with Gasteiger partial charge in [-0.2, -0.15) is 5.10 Å². The second-order valence-electron chi connectivity index (χ2n) is 12.1. The Hall–Kier alpha value is -4.36. The molecule has 7 rings (SSSR count). The van der Waals surface area contributed by atoms with Gasteiger partial charge in [-0.15, -0.1) is 0 Å². The molecule has 250 valence electrons. The summed E-state index contributed by atoms with van der Waals surface area (Å²) in [7, 11) is 1.65. The van der Waals surface area contributed by atoms with Crippen LogP contribution in [0.1, 0.15) is 12.5 Å². The zero-order chi connectivity index (χ0) is 33.4. The van der Waals surface area contributed by atoms with Crippen molar-refractivity contribution < 1.29 is 23.8 Å². The molecule has 0 spiro atoms. The van der Waals surface area contributed by atoms with Crippen molar-refractivity contribution in [3.05, 3.63) is 95.0 Å². The number of likely N-dealkylation sites (N-methyl/N-ethyl adjacent to an activating group) is 1. The number of hydrogen-bond acceptors (Lipinski definition) is 9. The first-order valence-electron chi connectivity index (χ1n) is 15.7. The van der Waals surface area contributed by atoms with Crippen LogP contribution < -0.4 is 19.4 Å². The summed E-state index contributed by atoms with van der Waals surface area (Å²) in [6, 6.07) is 20.2. The number of urea groups is 1. The average Bonchev–Trinajstić information content (AvgIpc) is 3.81. The first-order valence-corrected chi connectivity index (χ1v) is 16.5. The van der Waals surface area contributed by atoms with E-state index >= 15 is 0 Å². The fourth-order valence-electron chi connectivity index (χ4n) is 6.27. The van der Waals surface area contributed by atoms with E-state index < -0.39 is 11.8 Å². The number of rotatable bonds is 9. The van der Waals surface area contributed by atoms with Crippen molar-refractivity contribution in [3.63, 3.8) is 0 Å². The van der Waals surface area contributed by atoms with Crippen LogP contribution >= 0.6 is 23.2 Å². The van der Waals surface area contributed by atoms with Gasteiger partial charge >= 0.3 is 6.03 Å². The third-order valence-corrected chi connectivity index (χ3v) is 9.63. The molecule has 3 aliphatic heterocycles. The second kappa shape index (κ2) is 13.3. The predicted molar refractivity (Wildman–Crippen MR) is 182 cm³/mol. The fraction of sp³-hybridized carbons (Fsp3) is 0.353. The van der Waals surface area contributed by atoms with Gasteiger partial charge in [-0.1, -0.05) is 29.3 Å². The lowest BCUT2D eigenvalue weighted by Gasteiger charge is -2.37. The Kier molecular flexibility index (Phi) is 8.90. The highest BCUT2D eigenvalue weighted by Gasteiger charge is 2.46. The monoisotopic (exact) mass is 691 g/mol. The summed E-state index contributed by atoms with van der Waals surface area (Å²) in [5, 5.41) is 5.18. The van der Waals surface area contributed by atoms with Crippen LogP contribution in [0.15, 0.2) is 79.4 Å². The molecular weight excluding hydrogens is 657 g/mol. The van der Waals surface area contributed by atoms with Gasteiger partial charge in [0.05, 0.1) is 17.3 Å². The van der Waals surface area contributed by atoms with Crippen LogP contribution in [0.5, 0.6) is 5.75 Å². The topological polar surface area (TPSA) is 106 Å². The van der Waals surface area contributed by atoms with Crippen molar-refractivity contribution in [2.24, 2.45) is 0 Å². The van der Waals surface area contributed by atoms with E-state index in [0.29, 0.717) is 27.9 Å². The number of imide groups is 1. The average molecular weight is 693 g/mol. The van der Waals surface area contributed by atoms with Crippen molar-refractivity contribution in [1.29, 1.82) is 0 Å². The number of benzene rings is 3. The Morgan fingerprint density at radius 3 is 2.15 bits per heavy atom. The summed E-state index contributed by atoms with van der Waals surface area (Å²) in [5.41, 5.74) is 3.43. The summed E-state index contributed by atoms with van der Waals surface area (Å²) in [6.07, 6.45) is 2.71. The van der Waals surface area contributed by atoms with Crippen molar-refractivity contribution in [2.45, 2.75) is 31.4 Å². The highest BCUT2D eigenvalue weighted by molar-refractivity contribution is 6.35. The van der Waals surface area contributed by atoms with Gasteiger partial charge in [0.25, 0.3) is 5.91 Å². The van der Waals surface area contributed by atoms with Crippen molar-refractivity contribution in [3.8, 4) is 5.75 Å². The zero-order valence-corrected chi connectivity index (χ0v) is 28.0. The fourth-order valence-corrected chi connectivity index (χ4v) is 6.82. The summed E-state index contributed by atoms with van der Waals surface area (Å²) in [6.45, 7) is 5.97. The first kappa shape index (κ1) is 32.2. The van der Waals surface area contributed by atoms with Gasteiger partial charge in [0, 0.05) is 55.2 Å². The SMILES string of the molecule is CC1C(=O)N(c2ccc(N3CCN(c4ccc(OCC5COC(Cn6cncn6)(c6ccc(Cl)cc6Cl)O5)cc4)CC3)cc2)C(=O)N1C.